The van der Waals surface area contributed by atoms with Crippen LogP contribution in [0.5, 0.6) is 0 Å². The number of halogens is 1. The minimum atomic E-state index is -1.10. The fourth-order valence-corrected chi connectivity index (χ4v) is 2.35. The second-order valence-electron chi connectivity index (χ2n) is 6.14. The van der Waals surface area contributed by atoms with E-state index in [-0.39, 0.29) is 6.09 Å². The standard InChI is InChI=1S/C14H24FNO4/c1-5-14(11(17)19-10-15)6-8-16(9-7-14)12(18)20-13(2,3)4/h5-10H2,1-4H3. The molecular weight excluding hydrogens is 265 g/mol. The van der Waals surface area contributed by atoms with Crippen molar-refractivity contribution < 1.29 is 23.5 Å². The van der Waals surface area contributed by atoms with Crippen LogP contribution in [0.2, 0.25) is 0 Å². The van der Waals surface area contributed by atoms with Gasteiger partial charge in [0, 0.05) is 13.1 Å². The summed E-state index contributed by atoms with van der Waals surface area (Å²) in [5.74, 6) is -0.508. The van der Waals surface area contributed by atoms with Gasteiger partial charge in [0.15, 0.2) is 0 Å². The fourth-order valence-electron chi connectivity index (χ4n) is 2.35. The van der Waals surface area contributed by atoms with Crippen molar-refractivity contribution in [3.8, 4) is 0 Å². The van der Waals surface area contributed by atoms with Crippen molar-refractivity contribution in [1.29, 1.82) is 0 Å². The molecule has 1 aliphatic rings. The van der Waals surface area contributed by atoms with Gasteiger partial charge in [0.2, 0.25) is 6.86 Å². The van der Waals surface area contributed by atoms with Crippen molar-refractivity contribution in [3.63, 3.8) is 0 Å². The molecule has 5 nitrogen and oxygen atoms in total. The monoisotopic (exact) mass is 289 g/mol. The highest BCUT2D eigenvalue weighted by Gasteiger charge is 2.42. The van der Waals surface area contributed by atoms with Gasteiger partial charge in [-0.2, -0.15) is 0 Å². The van der Waals surface area contributed by atoms with E-state index in [2.05, 4.69) is 4.74 Å². The van der Waals surface area contributed by atoms with E-state index < -0.39 is 23.8 Å². The van der Waals surface area contributed by atoms with Gasteiger partial charge in [-0.3, -0.25) is 4.79 Å². The van der Waals surface area contributed by atoms with Crippen LogP contribution < -0.4 is 0 Å². The maximum absolute atomic E-state index is 12.2. The van der Waals surface area contributed by atoms with Gasteiger partial charge in [0.1, 0.15) is 5.60 Å². The van der Waals surface area contributed by atoms with E-state index >= 15 is 0 Å². The normalized spacial score (nSPS) is 18.6. The molecule has 0 unspecified atom stereocenters. The van der Waals surface area contributed by atoms with E-state index in [0.29, 0.717) is 32.4 Å². The molecule has 116 valence electrons. The zero-order valence-corrected chi connectivity index (χ0v) is 12.7. The largest absolute Gasteiger partial charge is 0.444 e. The summed E-state index contributed by atoms with van der Waals surface area (Å²) in [6.45, 7) is 7.05. The Labute approximate surface area is 119 Å². The molecule has 1 rings (SSSR count). The first-order valence-electron chi connectivity index (χ1n) is 6.95. The summed E-state index contributed by atoms with van der Waals surface area (Å²) in [6, 6.07) is 0. The molecule has 0 aromatic rings. The number of alkyl halides is 1. The highest BCUT2D eigenvalue weighted by Crippen LogP contribution is 2.36. The van der Waals surface area contributed by atoms with Gasteiger partial charge in [-0.1, -0.05) is 6.92 Å². The van der Waals surface area contributed by atoms with E-state index in [9.17, 15) is 14.0 Å². The second kappa shape index (κ2) is 6.41. The Morgan fingerprint density at radius 3 is 2.20 bits per heavy atom. The first kappa shape index (κ1) is 16.7. The maximum atomic E-state index is 12.2. The molecule has 1 heterocycles. The van der Waals surface area contributed by atoms with Gasteiger partial charge >= 0.3 is 12.1 Å². The lowest BCUT2D eigenvalue weighted by Crippen LogP contribution is -2.48. The molecule has 0 aromatic carbocycles. The number of ether oxygens (including phenoxy) is 2. The molecule has 0 aromatic heterocycles. The summed E-state index contributed by atoms with van der Waals surface area (Å²) < 4.78 is 22.0. The molecule has 20 heavy (non-hydrogen) atoms. The van der Waals surface area contributed by atoms with Gasteiger partial charge in [0.05, 0.1) is 5.41 Å². The average molecular weight is 289 g/mol. The fraction of sp³-hybridized carbons (Fsp3) is 0.857. The van der Waals surface area contributed by atoms with Crippen LogP contribution in [0.3, 0.4) is 0 Å². The number of amides is 1. The van der Waals surface area contributed by atoms with Crippen LogP contribution in [-0.4, -0.2) is 42.5 Å². The summed E-state index contributed by atoms with van der Waals surface area (Å²) in [7, 11) is 0. The third-order valence-corrected chi connectivity index (χ3v) is 3.67. The van der Waals surface area contributed by atoms with Crippen LogP contribution in [0, 0.1) is 5.41 Å². The highest BCUT2D eigenvalue weighted by molar-refractivity contribution is 5.77. The summed E-state index contributed by atoms with van der Waals surface area (Å²) in [5, 5.41) is 0. The third kappa shape index (κ3) is 4.08. The van der Waals surface area contributed by atoms with Crippen LogP contribution in [0.15, 0.2) is 0 Å². The molecular formula is C14H24FNO4. The summed E-state index contributed by atoms with van der Waals surface area (Å²) in [6.07, 6.45) is 1.15. The SMILES string of the molecule is CCC1(C(=O)OCF)CCN(C(=O)OC(C)(C)C)CC1. The van der Waals surface area contributed by atoms with Gasteiger partial charge in [0.25, 0.3) is 0 Å². The predicted molar refractivity (Wildman–Crippen MR) is 71.8 cm³/mol. The summed E-state index contributed by atoms with van der Waals surface area (Å²) in [5.41, 5.74) is -1.21. The topological polar surface area (TPSA) is 55.8 Å². The van der Waals surface area contributed by atoms with E-state index in [1.165, 1.54) is 0 Å². The molecule has 1 aliphatic heterocycles. The first-order chi connectivity index (χ1) is 9.24. The van der Waals surface area contributed by atoms with Crippen molar-refractivity contribution in [2.24, 2.45) is 5.41 Å². The molecule has 0 aliphatic carbocycles. The Kier molecular flexibility index (Phi) is 5.36. The minimum absolute atomic E-state index is 0.374. The smallest absolute Gasteiger partial charge is 0.410 e. The number of hydrogen-bond donors (Lipinski definition) is 0. The Balaban J connectivity index is 2.61. The zero-order valence-electron chi connectivity index (χ0n) is 12.7. The average Bonchev–Trinajstić information content (AvgIpc) is 2.37. The van der Waals surface area contributed by atoms with E-state index in [1.54, 1.807) is 4.90 Å². The van der Waals surface area contributed by atoms with Crippen molar-refractivity contribution in [3.05, 3.63) is 0 Å². The Morgan fingerprint density at radius 1 is 1.25 bits per heavy atom. The predicted octanol–water partition coefficient (Wildman–Crippen LogP) is 2.88. The van der Waals surface area contributed by atoms with Crippen molar-refractivity contribution in [2.45, 2.75) is 52.6 Å². The number of nitrogens with zero attached hydrogens (tertiary/aromatic N) is 1. The molecule has 1 amide bonds. The van der Waals surface area contributed by atoms with Crippen molar-refractivity contribution >= 4 is 12.1 Å². The quantitative estimate of drug-likeness (QED) is 0.750. The number of rotatable bonds is 3. The van der Waals surface area contributed by atoms with E-state index in [0.717, 1.165) is 0 Å². The van der Waals surface area contributed by atoms with Gasteiger partial charge in [-0.25, -0.2) is 9.18 Å². The molecule has 0 atom stereocenters. The molecule has 0 saturated carbocycles. The number of carbonyl (C=O) groups is 2. The lowest BCUT2D eigenvalue weighted by molar-refractivity contribution is -0.163. The number of carbonyl (C=O) groups excluding carboxylic acids is 2. The number of piperidine rings is 1. The van der Waals surface area contributed by atoms with Crippen LogP contribution in [0.4, 0.5) is 9.18 Å². The molecule has 1 fully saturated rings. The van der Waals surface area contributed by atoms with Crippen LogP contribution >= 0.6 is 0 Å². The van der Waals surface area contributed by atoms with Gasteiger partial charge in [-0.05, 0) is 40.0 Å². The van der Waals surface area contributed by atoms with Gasteiger partial charge < -0.3 is 14.4 Å². The molecule has 0 bridgehead atoms. The molecule has 1 saturated heterocycles. The summed E-state index contributed by atoms with van der Waals surface area (Å²) >= 11 is 0. The Bertz CT molecular complexity index is 357. The van der Waals surface area contributed by atoms with Crippen LogP contribution in [-0.2, 0) is 14.3 Å². The van der Waals surface area contributed by atoms with E-state index in [4.69, 9.17) is 4.74 Å². The van der Waals surface area contributed by atoms with Gasteiger partial charge in [-0.15, -0.1) is 0 Å². The van der Waals surface area contributed by atoms with E-state index in [1.807, 2.05) is 27.7 Å². The maximum Gasteiger partial charge on any atom is 0.410 e. The lowest BCUT2D eigenvalue weighted by atomic mass is 9.76. The zero-order chi connectivity index (χ0) is 15.4. The number of hydrogen-bond acceptors (Lipinski definition) is 4. The Hall–Kier alpha value is -1.33. The van der Waals surface area contributed by atoms with Crippen LogP contribution in [0.25, 0.3) is 0 Å². The first-order valence-corrected chi connectivity index (χ1v) is 6.95. The number of esters is 1. The molecule has 6 heteroatoms. The summed E-state index contributed by atoms with van der Waals surface area (Å²) in [4.78, 5) is 25.4. The highest BCUT2D eigenvalue weighted by atomic mass is 19.1. The molecule has 0 spiro atoms. The third-order valence-electron chi connectivity index (χ3n) is 3.67. The minimum Gasteiger partial charge on any atom is -0.444 e. The number of likely N-dealkylation sites (tertiary alicyclic amines) is 1. The molecule has 0 N–H and O–H groups in total. The van der Waals surface area contributed by atoms with Crippen LogP contribution in [0.1, 0.15) is 47.0 Å². The Morgan fingerprint density at radius 2 is 1.80 bits per heavy atom. The lowest BCUT2D eigenvalue weighted by Gasteiger charge is -2.39. The van der Waals surface area contributed by atoms with Crippen molar-refractivity contribution in [2.75, 3.05) is 20.0 Å². The molecule has 0 radical (unpaired) electrons. The van der Waals surface area contributed by atoms with Crippen molar-refractivity contribution in [1.82, 2.24) is 4.90 Å². The second-order valence-corrected chi connectivity index (χ2v) is 6.14.